The Bertz CT molecular complexity index is 1340. The van der Waals surface area contributed by atoms with E-state index in [9.17, 15) is 42.8 Å². The van der Waals surface area contributed by atoms with E-state index in [-0.39, 0.29) is 45.1 Å². The number of unbranched alkanes of at least 4 members (excludes halogenated alkanes) is 3. The zero-order valence-electron chi connectivity index (χ0n) is 24.7. The number of sulfone groups is 2. The lowest BCUT2D eigenvalue weighted by Crippen LogP contribution is -2.24. The number of hydrogen-bond donors (Lipinski definition) is 0. The van der Waals surface area contributed by atoms with E-state index in [2.05, 4.69) is 4.18 Å². The minimum Gasteiger partial charge on any atom is -0.292 e. The van der Waals surface area contributed by atoms with Crippen LogP contribution in [-0.4, -0.2) is 94.5 Å². The van der Waals surface area contributed by atoms with Crippen LogP contribution in [0, 0.1) is 0 Å². The molecule has 0 saturated carbocycles. The second kappa shape index (κ2) is 18.2. The van der Waals surface area contributed by atoms with Crippen LogP contribution in [-0.2, 0) is 75.5 Å². The van der Waals surface area contributed by atoms with Gasteiger partial charge in [-0.1, -0.05) is 26.7 Å². The van der Waals surface area contributed by atoms with Crippen LogP contribution in [0.5, 0.6) is 0 Å². The molecular formula is C20H44O16P2S4. The van der Waals surface area contributed by atoms with Crippen LogP contribution in [0.15, 0.2) is 0 Å². The monoisotopic (exact) mass is 730 g/mol. The van der Waals surface area contributed by atoms with Gasteiger partial charge < -0.3 is 0 Å². The van der Waals surface area contributed by atoms with E-state index in [1.54, 1.807) is 13.8 Å². The maximum absolute atomic E-state index is 13.4. The van der Waals surface area contributed by atoms with Crippen molar-refractivity contribution in [2.45, 2.75) is 77.1 Å². The van der Waals surface area contributed by atoms with Crippen molar-refractivity contribution in [1.29, 1.82) is 0 Å². The molecule has 0 aliphatic rings. The summed E-state index contributed by atoms with van der Waals surface area (Å²) in [5.74, 6) is -2.10. The molecule has 16 nitrogen and oxygen atoms in total. The highest BCUT2D eigenvalue weighted by atomic mass is 32.2. The third kappa shape index (κ3) is 18.7. The van der Waals surface area contributed by atoms with Gasteiger partial charge in [-0.3, -0.25) is 35.6 Å². The van der Waals surface area contributed by atoms with Gasteiger partial charge in [0, 0.05) is 12.5 Å². The van der Waals surface area contributed by atoms with Crippen molar-refractivity contribution in [3.63, 3.8) is 0 Å². The average molecular weight is 731 g/mol. The zero-order chi connectivity index (χ0) is 32.9. The van der Waals surface area contributed by atoms with Gasteiger partial charge in [-0.25, -0.2) is 16.8 Å². The van der Waals surface area contributed by atoms with E-state index in [0.717, 1.165) is 26.4 Å². The van der Waals surface area contributed by atoms with Crippen LogP contribution in [0.2, 0.25) is 0 Å². The Balaban J connectivity index is 5.39. The van der Waals surface area contributed by atoms with Crippen LogP contribution in [0.1, 0.15) is 66.2 Å². The zero-order valence-corrected chi connectivity index (χ0v) is 29.8. The van der Waals surface area contributed by atoms with Crippen LogP contribution < -0.4 is 0 Å². The van der Waals surface area contributed by atoms with Crippen molar-refractivity contribution in [2.75, 3.05) is 49.9 Å². The van der Waals surface area contributed by atoms with Gasteiger partial charge in [-0.2, -0.15) is 16.8 Å². The fourth-order valence-corrected chi connectivity index (χ4v) is 10.9. The molecule has 0 N–H and O–H groups in total. The van der Waals surface area contributed by atoms with Crippen molar-refractivity contribution in [2.24, 2.45) is 0 Å². The molecule has 0 rings (SSSR count). The van der Waals surface area contributed by atoms with Gasteiger partial charge in [0.1, 0.15) is 0 Å². The molecular weight excluding hydrogens is 686 g/mol. The third-order valence-electron chi connectivity index (χ3n) is 5.02. The lowest BCUT2D eigenvalue weighted by atomic mass is 10.2. The summed E-state index contributed by atoms with van der Waals surface area (Å²) in [6, 6.07) is 0. The van der Waals surface area contributed by atoms with Crippen molar-refractivity contribution >= 4 is 55.1 Å². The van der Waals surface area contributed by atoms with Gasteiger partial charge >= 0.3 is 15.2 Å². The highest BCUT2D eigenvalue weighted by Gasteiger charge is 2.36. The second-order valence-electron chi connectivity index (χ2n) is 9.37. The molecule has 0 bridgehead atoms. The minimum atomic E-state index is -4.34. The summed E-state index contributed by atoms with van der Waals surface area (Å²) in [5.41, 5.74) is -3.28. The van der Waals surface area contributed by atoms with Gasteiger partial charge in [-0.15, -0.1) is 0 Å². The van der Waals surface area contributed by atoms with Crippen LogP contribution in [0.3, 0.4) is 0 Å². The van der Waals surface area contributed by atoms with Crippen molar-refractivity contribution in [1.82, 2.24) is 0 Å². The fraction of sp³-hybridized carbons (Fsp3) is 1.00. The Morgan fingerprint density at radius 2 is 1.05 bits per heavy atom. The molecule has 0 radical (unpaired) electrons. The summed E-state index contributed by atoms with van der Waals surface area (Å²) in [5, 5.41) is 0. The van der Waals surface area contributed by atoms with E-state index in [1.165, 1.54) is 0 Å². The Morgan fingerprint density at radius 1 is 0.619 bits per heavy atom. The van der Waals surface area contributed by atoms with E-state index in [0.29, 0.717) is 12.8 Å². The van der Waals surface area contributed by atoms with E-state index >= 15 is 0 Å². The summed E-state index contributed by atoms with van der Waals surface area (Å²) in [7, 11) is -24.6. The predicted octanol–water partition coefficient (Wildman–Crippen LogP) is 3.21. The molecule has 4 atom stereocenters. The minimum absolute atomic E-state index is 0.0742. The first-order valence-electron chi connectivity index (χ1n) is 13.0. The topological polar surface area (TPSA) is 226 Å². The van der Waals surface area contributed by atoms with Gasteiger partial charge in [0.25, 0.3) is 20.2 Å². The maximum atomic E-state index is 13.4. The second-order valence-corrected chi connectivity index (χ2v) is 21.5. The summed E-state index contributed by atoms with van der Waals surface area (Å²) in [6.45, 7) is 5.25. The lowest BCUT2D eigenvalue weighted by molar-refractivity contribution is 0.189. The molecule has 0 aromatic carbocycles. The normalized spacial score (nSPS) is 17.8. The van der Waals surface area contributed by atoms with E-state index in [1.807, 2.05) is 0 Å². The highest BCUT2D eigenvalue weighted by molar-refractivity contribution is 7.91. The van der Waals surface area contributed by atoms with Gasteiger partial charge in [0.05, 0.1) is 25.5 Å². The average Bonchev–Trinajstić information content (AvgIpc) is 2.85. The van der Waals surface area contributed by atoms with Crippen LogP contribution in [0.4, 0.5) is 0 Å². The molecule has 0 aromatic rings. The van der Waals surface area contributed by atoms with Gasteiger partial charge in [-0.05, 0) is 39.5 Å². The van der Waals surface area contributed by atoms with Crippen LogP contribution >= 0.6 is 15.2 Å². The largest absolute Gasteiger partial charge is 0.333 e. The Morgan fingerprint density at radius 3 is 1.48 bits per heavy atom. The number of hydrogen-bond acceptors (Lipinski definition) is 16. The molecule has 0 saturated heterocycles. The first-order valence-corrected chi connectivity index (χ1v) is 23.5. The van der Waals surface area contributed by atoms with Crippen molar-refractivity contribution < 1.29 is 69.3 Å². The molecule has 0 aliphatic carbocycles. The van der Waals surface area contributed by atoms with Gasteiger partial charge in [0.2, 0.25) is 0 Å². The Kier molecular flexibility index (Phi) is 18.2. The molecule has 0 spiro atoms. The molecule has 22 heteroatoms. The molecule has 42 heavy (non-hydrogen) atoms. The Labute approximate surface area is 250 Å². The quantitative estimate of drug-likeness (QED) is 0.0746. The lowest BCUT2D eigenvalue weighted by Gasteiger charge is -2.22. The van der Waals surface area contributed by atoms with Gasteiger partial charge in [0.15, 0.2) is 42.4 Å². The standard InChI is InChI=1S/C20H44O16P2S4/c1-7-13-33-41(27,28)18-32-38(22,36-20(4)42(29,30)34-14-8-2)16-12-10-9-11-15-37(21,31-17-39(5,23)24)35-19(3)40(6,25)26/h19-20H,7-18H2,1-6H3. The Hall–Kier alpha value is 0.0200. The highest BCUT2D eigenvalue weighted by Crippen LogP contribution is 2.52. The summed E-state index contributed by atoms with van der Waals surface area (Å²) in [4.78, 5) is 0. The predicted molar refractivity (Wildman–Crippen MR) is 156 cm³/mol. The third-order valence-corrected chi connectivity index (χ3v) is 13.9. The van der Waals surface area contributed by atoms with Crippen molar-refractivity contribution in [3.8, 4) is 0 Å². The fourth-order valence-electron chi connectivity index (χ4n) is 2.70. The first kappa shape index (κ1) is 42.0. The van der Waals surface area contributed by atoms with E-state index in [4.69, 9.17) is 22.3 Å². The first-order chi connectivity index (χ1) is 19.0. The number of rotatable bonds is 25. The molecule has 0 amide bonds. The smallest absolute Gasteiger partial charge is 0.292 e. The van der Waals surface area contributed by atoms with E-state index < -0.39 is 84.0 Å². The summed E-state index contributed by atoms with van der Waals surface area (Å²) in [6.07, 6.45) is 2.43. The SMILES string of the molecule is CCCOS(=O)(=O)COP(=O)(CCCCCCP(=O)(OCS(C)(=O)=O)OC(C)S(C)(=O)=O)OC(C)S(=O)(=O)OCCC. The summed E-state index contributed by atoms with van der Waals surface area (Å²) >= 11 is 0. The maximum Gasteiger partial charge on any atom is 0.333 e. The molecule has 0 aliphatic heterocycles. The molecule has 254 valence electrons. The molecule has 0 fully saturated rings. The molecule has 4 unspecified atom stereocenters. The summed E-state index contributed by atoms with van der Waals surface area (Å²) < 4.78 is 151. The molecule has 0 aromatic heterocycles. The van der Waals surface area contributed by atoms with Crippen molar-refractivity contribution in [3.05, 3.63) is 0 Å². The van der Waals surface area contributed by atoms with Crippen LogP contribution in [0.25, 0.3) is 0 Å². The molecule has 0 heterocycles.